The van der Waals surface area contributed by atoms with Gasteiger partial charge in [-0.3, -0.25) is 10.1 Å². The van der Waals surface area contributed by atoms with Gasteiger partial charge in [-0.05, 0) is 37.8 Å². The van der Waals surface area contributed by atoms with Crippen molar-refractivity contribution in [3.05, 3.63) is 40.9 Å². The van der Waals surface area contributed by atoms with E-state index in [9.17, 15) is 22.8 Å². The van der Waals surface area contributed by atoms with Crippen LogP contribution >= 0.6 is 11.3 Å². The smallest absolute Gasteiger partial charge is 0.419 e. The Labute approximate surface area is 168 Å². The summed E-state index contributed by atoms with van der Waals surface area (Å²) >= 11 is 1.17. The van der Waals surface area contributed by atoms with Crippen LogP contribution < -0.4 is 15.4 Å². The van der Waals surface area contributed by atoms with Gasteiger partial charge in [-0.2, -0.15) is 13.2 Å². The molecule has 4 rings (SSSR count). The molecule has 154 valence electrons. The van der Waals surface area contributed by atoms with Crippen LogP contribution in [0, 0.1) is 5.92 Å². The first-order chi connectivity index (χ1) is 13.8. The number of benzene rings is 1. The summed E-state index contributed by atoms with van der Waals surface area (Å²) in [5.74, 6) is -2.83. The predicted molar refractivity (Wildman–Crippen MR) is 100 cm³/mol. The molecular weight excluding hydrogens is 407 g/mol. The number of nitrogens with zero attached hydrogens (tertiary/aromatic N) is 1. The molecule has 1 aromatic carbocycles. The van der Waals surface area contributed by atoms with Crippen molar-refractivity contribution in [3.8, 4) is 5.75 Å². The van der Waals surface area contributed by atoms with Crippen molar-refractivity contribution in [3.63, 3.8) is 0 Å². The summed E-state index contributed by atoms with van der Waals surface area (Å²) in [5, 5.41) is 7.85. The zero-order valence-electron chi connectivity index (χ0n) is 15.2. The third-order valence-electron chi connectivity index (χ3n) is 4.92. The standard InChI is InChI=1S/C19H18F3N3O3S/c20-19(21,22)17(27)28-15-11(13-8-14(13)24-9-10-4-5-10)2-1-3-12(15)16(26)25-18-23-6-7-29-18/h1-3,6-7,10,13-14,24H,4-5,8-9H2,(H,23,25,26). The Morgan fingerprint density at radius 1 is 1.28 bits per heavy atom. The molecule has 1 aromatic heterocycles. The molecule has 0 saturated heterocycles. The minimum atomic E-state index is -5.16. The summed E-state index contributed by atoms with van der Waals surface area (Å²) in [5.41, 5.74) is 0.283. The third kappa shape index (κ3) is 4.76. The van der Waals surface area contributed by atoms with E-state index < -0.39 is 18.1 Å². The molecule has 29 heavy (non-hydrogen) atoms. The van der Waals surface area contributed by atoms with E-state index in [0.29, 0.717) is 23.0 Å². The van der Waals surface area contributed by atoms with E-state index in [1.54, 1.807) is 17.5 Å². The summed E-state index contributed by atoms with van der Waals surface area (Å²) in [7, 11) is 0. The highest BCUT2D eigenvalue weighted by Crippen LogP contribution is 2.46. The SMILES string of the molecule is O=C(Nc1nccs1)c1cccc(C2CC2NCC2CC2)c1OC(=O)C(F)(F)F. The Morgan fingerprint density at radius 2 is 2.07 bits per heavy atom. The zero-order valence-corrected chi connectivity index (χ0v) is 16.0. The third-order valence-corrected chi connectivity index (χ3v) is 5.61. The van der Waals surface area contributed by atoms with Gasteiger partial charge in [0.2, 0.25) is 0 Å². The van der Waals surface area contributed by atoms with Gasteiger partial charge in [0.1, 0.15) is 5.75 Å². The van der Waals surface area contributed by atoms with Gasteiger partial charge in [0.25, 0.3) is 5.91 Å². The lowest BCUT2D eigenvalue weighted by molar-refractivity contribution is -0.189. The van der Waals surface area contributed by atoms with E-state index >= 15 is 0 Å². The van der Waals surface area contributed by atoms with Gasteiger partial charge >= 0.3 is 12.1 Å². The van der Waals surface area contributed by atoms with Crippen LogP contribution in [0.1, 0.15) is 41.1 Å². The largest absolute Gasteiger partial charge is 0.491 e. The van der Waals surface area contributed by atoms with E-state index in [2.05, 4.69) is 15.6 Å². The fraction of sp³-hybridized carbons (Fsp3) is 0.421. The number of rotatable bonds is 7. The fourth-order valence-corrected chi connectivity index (χ4v) is 3.67. The maximum atomic E-state index is 12.8. The summed E-state index contributed by atoms with van der Waals surface area (Å²) < 4.78 is 43.2. The van der Waals surface area contributed by atoms with Crippen molar-refractivity contribution >= 4 is 28.3 Å². The molecule has 2 N–H and O–H groups in total. The van der Waals surface area contributed by atoms with Gasteiger partial charge in [0, 0.05) is 29.1 Å². The number of halogens is 3. The lowest BCUT2D eigenvalue weighted by Gasteiger charge is -2.15. The minimum absolute atomic E-state index is 0.0937. The monoisotopic (exact) mass is 425 g/mol. The molecule has 0 radical (unpaired) electrons. The van der Waals surface area contributed by atoms with Crippen molar-refractivity contribution in [2.75, 3.05) is 11.9 Å². The normalized spacial score (nSPS) is 20.9. The second-order valence-corrected chi connectivity index (χ2v) is 8.10. The molecule has 1 heterocycles. The Kier molecular flexibility index (Phi) is 5.30. The molecule has 0 spiro atoms. The summed E-state index contributed by atoms with van der Waals surface area (Å²) in [6, 6.07) is 4.60. The molecule has 0 bridgehead atoms. The average Bonchev–Trinajstić information content (AvgIpc) is 3.58. The van der Waals surface area contributed by atoms with Crippen LogP contribution in [0.5, 0.6) is 5.75 Å². The van der Waals surface area contributed by atoms with Gasteiger partial charge in [-0.1, -0.05) is 12.1 Å². The molecule has 2 fully saturated rings. The molecule has 2 aliphatic rings. The molecule has 2 aliphatic carbocycles. The van der Waals surface area contributed by atoms with Crippen LogP contribution in [0.15, 0.2) is 29.8 Å². The van der Waals surface area contributed by atoms with E-state index in [1.807, 2.05) is 0 Å². The summed E-state index contributed by atoms with van der Waals surface area (Å²) in [6.07, 6.45) is -0.595. The Balaban J connectivity index is 1.59. The molecule has 2 saturated carbocycles. The molecule has 2 atom stereocenters. The highest BCUT2D eigenvalue weighted by Gasteiger charge is 2.45. The van der Waals surface area contributed by atoms with Crippen molar-refractivity contribution < 1.29 is 27.5 Å². The highest BCUT2D eigenvalue weighted by molar-refractivity contribution is 7.13. The molecule has 0 aliphatic heterocycles. The van der Waals surface area contributed by atoms with Crippen LogP contribution in [0.25, 0.3) is 0 Å². The second-order valence-electron chi connectivity index (χ2n) is 7.20. The maximum Gasteiger partial charge on any atom is 0.491 e. The summed E-state index contributed by atoms with van der Waals surface area (Å²) in [6.45, 7) is 0.864. The lowest BCUT2D eigenvalue weighted by Crippen LogP contribution is -2.29. The highest BCUT2D eigenvalue weighted by atomic mass is 32.1. The number of alkyl halides is 3. The number of amides is 1. The average molecular weight is 425 g/mol. The van der Waals surface area contributed by atoms with E-state index in [4.69, 9.17) is 4.74 Å². The number of nitrogens with one attached hydrogen (secondary N) is 2. The van der Waals surface area contributed by atoms with Crippen molar-refractivity contribution in [1.82, 2.24) is 10.3 Å². The maximum absolute atomic E-state index is 12.8. The molecular formula is C19H18F3N3O3S. The van der Waals surface area contributed by atoms with Gasteiger partial charge < -0.3 is 10.1 Å². The fourth-order valence-electron chi connectivity index (χ4n) is 3.14. The van der Waals surface area contributed by atoms with Gasteiger partial charge in [0.05, 0.1) is 5.56 Å². The molecule has 6 nitrogen and oxygen atoms in total. The molecule has 2 unspecified atom stereocenters. The number of aromatic nitrogens is 1. The summed E-state index contributed by atoms with van der Waals surface area (Å²) in [4.78, 5) is 28.1. The van der Waals surface area contributed by atoms with Crippen LogP contribution in [-0.2, 0) is 4.79 Å². The van der Waals surface area contributed by atoms with Crippen molar-refractivity contribution in [2.24, 2.45) is 5.92 Å². The number of esters is 1. The first kappa shape index (κ1) is 19.8. The number of ether oxygens (including phenoxy) is 1. The number of thiazole rings is 1. The number of carbonyl (C=O) groups is 2. The number of hydrogen-bond acceptors (Lipinski definition) is 6. The number of para-hydroxylation sites is 1. The van der Waals surface area contributed by atoms with E-state index in [-0.39, 0.29) is 23.3 Å². The topological polar surface area (TPSA) is 80.3 Å². The predicted octanol–water partition coefficient (Wildman–Crippen LogP) is 3.72. The molecule has 2 aromatic rings. The molecule has 10 heteroatoms. The Morgan fingerprint density at radius 3 is 2.72 bits per heavy atom. The van der Waals surface area contributed by atoms with E-state index in [0.717, 1.165) is 6.54 Å². The van der Waals surface area contributed by atoms with Crippen molar-refractivity contribution in [2.45, 2.75) is 37.4 Å². The second kappa shape index (κ2) is 7.75. The van der Waals surface area contributed by atoms with Crippen molar-refractivity contribution in [1.29, 1.82) is 0 Å². The van der Waals surface area contributed by atoms with Gasteiger partial charge in [-0.25, -0.2) is 9.78 Å². The first-order valence-electron chi connectivity index (χ1n) is 9.19. The van der Waals surface area contributed by atoms with Crippen LogP contribution in [0.3, 0.4) is 0 Å². The number of anilines is 1. The Bertz CT molecular complexity index is 913. The van der Waals surface area contributed by atoms with Gasteiger partial charge in [-0.15, -0.1) is 11.3 Å². The van der Waals surface area contributed by atoms with Gasteiger partial charge in [0.15, 0.2) is 5.13 Å². The van der Waals surface area contributed by atoms with E-state index in [1.165, 1.54) is 36.4 Å². The lowest BCUT2D eigenvalue weighted by atomic mass is 10.0. The minimum Gasteiger partial charge on any atom is -0.419 e. The quantitative estimate of drug-likeness (QED) is 0.522. The number of hydrogen-bond donors (Lipinski definition) is 2. The number of carbonyl (C=O) groups excluding carboxylic acids is 2. The van der Waals surface area contributed by atoms with Crippen LogP contribution in [0.4, 0.5) is 18.3 Å². The Hall–Kier alpha value is -2.46. The first-order valence-corrected chi connectivity index (χ1v) is 10.1. The molecule has 1 amide bonds. The van der Waals surface area contributed by atoms with Crippen LogP contribution in [0.2, 0.25) is 0 Å². The zero-order chi connectivity index (χ0) is 20.6. The van der Waals surface area contributed by atoms with Crippen LogP contribution in [-0.4, -0.2) is 35.6 Å².